The number of hydrogen-bond acceptors (Lipinski definition) is 1. The monoisotopic (exact) mass is 400 g/mol. The Morgan fingerprint density at radius 1 is 1.00 bits per heavy atom. The fraction of sp³-hybridized carbons (Fsp3) is 0.318. The number of likely N-dealkylation sites (tertiary alicyclic amines) is 1. The number of amides is 1. The van der Waals surface area contributed by atoms with E-state index in [-0.39, 0.29) is 5.91 Å². The van der Waals surface area contributed by atoms with Crippen LogP contribution in [0.1, 0.15) is 36.4 Å². The van der Waals surface area contributed by atoms with E-state index >= 15 is 0 Å². The second-order valence-electron chi connectivity index (χ2n) is 7.24. The third-order valence-corrected chi connectivity index (χ3v) is 5.92. The first-order chi connectivity index (χ1) is 13.1. The highest BCUT2D eigenvalue weighted by Gasteiger charge is 2.24. The third-order valence-electron chi connectivity index (χ3n) is 5.43. The molecule has 5 heteroatoms. The molecule has 0 bridgehead atoms. The molecule has 1 aromatic heterocycles. The highest BCUT2D eigenvalue weighted by molar-refractivity contribution is 6.31. The highest BCUT2D eigenvalue weighted by Crippen LogP contribution is 2.31. The summed E-state index contributed by atoms with van der Waals surface area (Å²) in [5, 5.41) is 2.64. The Balaban J connectivity index is 1.32. The molecule has 1 aliphatic heterocycles. The van der Waals surface area contributed by atoms with Crippen LogP contribution in [0.4, 0.5) is 0 Å². The van der Waals surface area contributed by atoms with Gasteiger partial charge in [-0.05, 0) is 61.2 Å². The molecule has 0 unspecified atom stereocenters. The summed E-state index contributed by atoms with van der Waals surface area (Å²) in [6.07, 6.45) is 3.30. The van der Waals surface area contributed by atoms with E-state index in [1.165, 1.54) is 5.69 Å². The summed E-state index contributed by atoms with van der Waals surface area (Å²) in [7, 11) is 0. The van der Waals surface area contributed by atoms with Crippen molar-refractivity contribution in [2.45, 2.75) is 31.6 Å². The molecule has 0 aliphatic carbocycles. The van der Waals surface area contributed by atoms with E-state index in [0.717, 1.165) is 58.9 Å². The largest absolute Gasteiger partial charge is 0.358 e. The SMILES string of the molecule is O=C(CCc1ccc(Cl)cc1)N1CCC(c2cc3cc(Cl)ccc3[nH]2)CC1. The van der Waals surface area contributed by atoms with Crippen molar-refractivity contribution in [3.63, 3.8) is 0 Å². The van der Waals surface area contributed by atoms with Crippen LogP contribution in [0, 0.1) is 0 Å². The van der Waals surface area contributed by atoms with E-state index in [9.17, 15) is 4.79 Å². The van der Waals surface area contributed by atoms with Crippen molar-refractivity contribution in [1.82, 2.24) is 9.88 Å². The van der Waals surface area contributed by atoms with Crippen molar-refractivity contribution in [2.75, 3.05) is 13.1 Å². The average molecular weight is 401 g/mol. The summed E-state index contributed by atoms with van der Waals surface area (Å²) >= 11 is 12.0. The van der Waals surface area contributed by atoms with Crippen molar-refractivity contribution in [3.05, 3.63) is 69.8 Å². The second kappa shape index (κ2) is 7.95. The first kappa shape index (κ1) is 18.4. The highest BCUT2D eigenvalue weighted by atomic mass is 35.5. The molecule has 2 heterocycles. The lowest BCUT2D eigenvalue weighted by atomic mass is 9.93. The standard InChI is InChI=1S/C22H22Cl2N2O/c23-18-4-1-15(2-5-18)3-8-22(27)26-11-9-16(10-12-26)21-14-17-13-19(24)6-7-20(17)25-21/h1-2,4-7,13-14,16,25H,3,8-12H2. The molecule has 0 spiro atoms. The summed E-state index contributed by atoms with van der Waals surface area (Å²) in [6, 6.07) is 15.9. The summed E-state index contributed by atoms with van der Waals surface area (Å²) in [5.74, 6) is 0.711. The maximum absolute atomic E-state index is 12.5. The van der Waals surface area contributed by atoms with Crippen LogP contribution in [-0.2, 0) is 11.2 Å². The summed E-state index contributed by atoms with van der Waals surface area (Å²) < 4.78 is 0. The molecule has 1 fully saturated rings. The molecule has 3 nitrogen and oxygen atoms in total. The number of aromatic nitrogens is 1. The van der Waals surface area contributed by atoms with Crippen LogP contribution >= 0.6 is 23.2 Å². The van der Waals surface area contributed by atoms with Gasteiger partial charge < -0.3 is 9.88 Å². The van der Waals surface area contributed by atoms with Gasteiger partial charge in [0, 0.05) is 52.1 Å². The molecule has 0 saturated carbocycles. The van der Waals surface area contributed by atoms with Crippen molar-refractivity contribution >= 4 is 40.0 Å². The molecule has 0 radical (unpaired) electrons. The minimum absolute atomic E-state index is 0.242. The van der Waals surface area contributed by atoms with Crippen LogP contribution < -0.4 is 0 Å². The molecule has 3 aromatic rings. The number of halogens is 2. The number of carbonyl (C=O) groups excluding carboxylic acids is 1. The number of nitrogens with one attached hydrogen (secondary N) is 1. The summed E-state index contributed by atoms with van der Waals surface area (Å²) in [4.78, 5) is 18.1. The van der Waals surface area contributed by atoms with Crippen LogP contribution in [0.25, 0.3) is 10.9 Å². The second-order valence-corrected chi connectivity index (χ2v) is 8.11. The number of hydrogen-bond donors (Lipinski definition) is 1. The van der Waals surface area contributed by atoms with E-state index in [1.54, 1.807) is 0 Å². The number of H-pyrrole nitrogens is 1. The quantitative estimate of drug-likeness (QED) is 0.588. The van der Waals surface area contributed by atoms with Crippen molar-refractivity contribution in [2.24, 2.45) is 0 Å². The van der Waals surface area contributed by atoms with Gasteiger partial charge in [0.05, 0.1) is 0 Å². The Morgan fingerprint density at radius 2 is 1.70 bits per heavy atom. The molecule has 2 aromatic carbocycles. The number of fused-ring (bicyclic) bond motifs is 1. The fourth-order valence-electron chi connectivity index (χ4n) is 3.85. The predicted molar refractivity (Wildman–Crippen MR) is 112 cm³/mol. The zero-order valence-corrected chi connectivity index (χ0v) is 16.6. The molecule has 1 amide bonds. The van der Waals surface area contributed by atoms with Gasteiger partial charge in [0.25, 0.3) is 0 Å². The molecule has 0 atom stereocenters. The molecule has 1 aliphatic rings. The lowest BCUT2D eigenvalue weighted by molar-refractivity contribution is -0.132. The lowest BCUT2D eigenvalue weighted by Gasteiger charge is -2.31. The molecule has 27 heavy (non-hydrogen) atoms. The summed E-state index contributed by atoms with van der Waals surface area (Å²) in [5.41, 5.74) is 3.52. The van der Waals surface area contributed by atoms with Crippen LogP contribution in [0.2, 0.25) is 10.0 Å². The first-order valence-electron chi connectivity index (χ1n) is 9.39. The third kappa shape index (κ3) is 4.31. The summed E-state index contributed by atoms with van der Waals surface area (Å²) in [6.45, 7) is 1.64. The number of piperidine rings is 1. The van der Waals surface area contributed by atoms with E-state index in [2.05, 4.69) is 11.1 Å². The Bertz CT molecular complexity index is 941. The van der Waals surface area contributed by atoms with Crippen molar-refractivity contribution in [3.8, 4) is 0 Å². The Kier molecular flexibility index (Phi) is 5.42. The van der Waals surface area contributed by atoms with Gasteiger partial charge in [0.1, 0.15) is 0 Å². The maximum Gasteiger partial charge on any atom is 0.222 e. The normalized spacial score (nSPS) is 15.4. The van der Waals surface area contributed by atoms with Gasteiger partial charge in [-0.25, -0.2) is 0 Å². The van der Waals surface area contributed by atoms with Gasteiger partial charge >= 0.3 is 0 Å². The zero-order chi connectivity index (χ0) is 18.8. The molecule has 140 valence electrons. The molecule has 4 rings (SSSR count). The topological polar surface area (TPSA) is 36.1 Å². The van der Waals surface area contributed by atoms with Crippen LogP contribution in [0.3, 0.4) is 0 Å². The minimum atomic E-state index is 0.242. The maximum atomic E-state index is 12.5. The Morgan fingerprint density at radius 3 is 2.44 bits per heavy atom. The first-order valence-corrected chi connectivity index (χ1v) is 10.1. The van der Waals surface area contributed by atoms with Gasteiger partial charge in [-0.2, -0.15) is 0 Å². The van der Waals surface area contributed by atoms with Gasteiger partial charge in [-0.3, -0.25) is 4.79 Å². The van der Waals surface area contributed by atoms with Crippen molar-refractivity contribution < 1.29 is 4.79 Å². The number of aromatic amines is 1. The van der Waals surface area contributed by atoms with Crippen LogP contribution in [-0.4, -0.2) is 28.9 Å². The fourth-order valence-corrected chi connectivity index (χ4v) is 4.15. The van der Waals surface area contributed by atoms with Gasteiger partial charge in [-0.15, -0.1) is 0 Å². The molecular formula is C22H22Cl2N2O. The number of carbonyl (C=O) groups is 1. The Hall–Kier alpha value is -1.97. The van der Waals surface area contributed by atoms with Crippen LogP contribution in [0.5, 0.6) is 0 Å². The van der Waals surface area contributed by atoms with E-state index in [1.807, 2.05) is 47.4 Å². The Labute approximate surface area is 169 Å². The zero-order valence-electron chi connectivity index (χ0n) is 15.1. The van der Waals surface area contributed by atoms with Gasteiger partial charge in [-0.1, -0.05) is 35.3 Å². The van der Waals surface area contributed by atoms with Crippen molar-refractivity contribution in [1.29, 1.82) is 0 Å². The number of aryl methyl sites for hydroxylation is 1. The molecular weight excluding hydrogens is 379 g/mol. The number of rotatable bonds is 4. The predicted octanol–water partition coefficient (Wildman–Crippen LogP) is 5.81. The number of nitrogens with zero attached hydrogens (tertiary/aromatic N) is 1. The van der Waals surface area contributed by atoms with Gasteiger partial charge in [0.2, 0.25) is 5.91 Å². The number of benzene rings is 2. The molecule has 1 saturated heterocycles. The average Bonchev–Trinajstić information content (AvgIpc) is 3.10. The van der Waals surface area contributed by atoms with Crippen LogP contribution in [0.15, 0.2) is 48.5 Å². The van der Waals surface area contributed by atoms with Gasteiger partial charge in [0.15, 0.2) is 0 Å². The van der Waals surface area contributed by atoms with E-state index < -0.39 is 0 Å². The lowest BCUT2D eigenvalue weighted by Crippen LogP contribution is -2.38. The minimum Gasteiger partial charge on any atom is -0.358 e. The smallest absolute Gasteiger partial charge is 0.222 e. The van der Waals surface area contributed by atoms with E-state index in [4.69, 9.17) is 23.2 Å². The van der Waals surface area contributed by atoms with E-state index in [0.29, 0.717) is 12.3 Å². The molecule has 1 N–H and O–H groups in total.